The first-order valence-electron chi connectivity index (χ1n) is 5.00. The minimum Gasteiger partial charge on any atom is -0.726 e. The molecule has 2 rings (SSSR count). The second-order valence-corrected chi connectivity index (χ2v) is 4.95. The van der Waals surface area contributed by atoms with Crippen LogP contribution in [0.3, 0.4) is 0 Å². The molecule has 0 spiro atoms. The van der Waals surface area contributed by atoms with E-state index in [9.17, 15) is 0 Å². The van der Waals surface area contributed by atoms with Crippen molar-refractivity contribution in [3.63, 3.8) is 0 Å². The molecule has 1 aromatic heterocycles. The van der Waals surface area contributed by atoms with Crippen molar-refractivity contribution >= 4 is 22.0 Å². The average Bonchev–Trinajstić information content (AvgIpc) is 2.56. The molecule has 0 bridgehead atoms. The predicted molar refractivity (Wildman–Crippen MR) is 67.2 cm³/mol. The molecule has 19 heavy (non-hydrogen) atoms. The van der Waals surface area contributed by atoms with Crippen molar-refractivity contribution in [2.24, 2.45) is 14.1 Å². The highest BCUT2D eigenvalue weighted by Crippen LogP contribution is 2.16. The molecule has 2 aromatic rings. The molecular formula is C10H12ClN3O4S. The zero-order valence-electron chi connectivity index (χ0n) is 10.2. The van der Waals surface area contributed by atoms with Crippen LogP contribution in [0.2, 0.25) is 5.02 Å². The van der Waals surface area contributed by atoms with E-state index in [1.54, 1.807) is 4.68 Å². The summed E-state index contributed by atoms with van der Waals surface area (Å²) in [5, 5.41) is 5.09. The maximum absolute atomic E-state index is 8.63. The number of halogens is 1. The van der Waals surface area contributed by atoms with Crippen molar-refractivity contribution in [3.05, 3.63) is 35.6 Å². The summed E-state index contributed by atoms with van der Waals surface area (Å²) in [6, 6.07) is 7.66. The average molecular weight is 306 g/mol. The Bertz CT molecular complexity index is 644. The molecule has 0 aliphatic heterocycles. The van der Waals surface area contributed by atoms with Crippen molar-refractivity contribution in [1.29, 1.82) is 0 Å². The Hall–Kier alpha value is -1.48. The van der Waals surface area contributed by atoms with Gasteiger partial charge in [0.1, 0.15) is 0 Å². The molecule has 1 heterocycles. The smallest absolute Gasteiger partial charge is 0.308 e. The first-order valence-corrected chi connectivity index (χ1v) is 6.74. The summed E-state index contributed by atoms with van der Waals surface area (Å²) in [7, 11) is -1.05. The van der Waals surface area contributed by atoms with E-state index < -0.39 is 10.4 Å². The van der Waals surface area contributed by atoms with Crippen LogP contribution in [0, 0.1) is 0 Å². The number of aryl methyl sites for hydroxylation is 2. The number of rotatable bonds is 1. The maximum Gasteiger partial charge on any atom is 0.308 e. The van der Waals surface area contributed by atoms with Crippen LogP contribution in [-0.4, -0.2) is 27.3 Å². The summed E-state index contributed by atoms with van der Waals surface area (Å²) >= 11 is 5.81. The van der Waals surface area contributed by atoms with Crippen LogP contribution in [0.15, 0.2) is 30.6 Å². The van der Waals surface area contributed by atoms with E-state index in [0.717, 1.165) is 16.4 Å². The van der Waals surface area contributed by atoms with Crippen molar-refractivity contribution < 1.29 is 22.1 Å². The second kappa shape index (κ2) is 6.11. The number of aromatic nitrogens is 3. The summed E-state index contributed by atoms with van der Waals surface area (Å²) in [4.78, 5) is 0. The Morgan fingerprint density at radius 2 is 1.84 bits per heavy atom. The zero-order valence-corrected chi connectivity index (χ0v) is 11.8. The van der Waals surface area contributed by atoms with Gasteiger partial charge in [0.05, 0.1) is 19.7 Å². The van der Waals surface area contributed by atoms with Gasteiger partial charge in [0.15, 0.2) is 0 Å². The number of hydrogen-bond acceptors (Lipinski definition) is 4. The topological polar surface area (TPSA) is 99.1 Å². The van der Waals surface area contributed by atoms with Crippen molar-refractivity contribution in [2.75, 3.05) is 0 Å². The van der Waals surface area contributed by atoms with Gasteiger partial charge in [-0.25, -0.2) is 13.0 Å². The standard InChI is InChI=1S/C10H11ClN3.H2O4S/c1-13-7-14(2)12-10(13)8-3-5-9(11)6-4-8;1-5(2,3)4/h3-7H,1-2H3;(H2,1,2,3,4)/q+1;/p-1. The lowest BCUT2D eigenvalue weighted by Crippen LogP contribution is -2.27. The van der Waals surface area contributed by atoms with Gasteiger partial charge >= 0.3 is 5.82 Å². The lowest BCUT2D eigenvalue weighted by atomic mass is 10.2. The Morgan fingerprint density at radius 1 is 1.37 bits per heavy atom. The van der Waals surface area contributed by atoms with Gasteiger partial charge in [-0.1, -0.05) is 11.6 Å². The minimum atomic E-state index is -4.92. The first-order chi connectivity index (χ1) is 8.66. The fourth-order valence-corrected chi connectivity index (χ4v) is 1.54. The Morgan fingerprint density at radius 3 is 2.21 bits per heavy atom. The fourth-order valence-electron chi connectivity index (χ4n) is 1.41. The molecule has 0 radical (unpaired) electrons. The Balaban J connectivity index is 0.000000312. The van der Waals surface area contributed by atoms with Gasteiger partial charge in [0, 0.05) is 10.1 Å². The number of hydrogen-bond donors (Lipinski definition) is 1. The van der Waals surface area contributed by atoms with Crippen LogP contribution in [0.1, 0.15) is 0 Å². The van der Waals surface area contributed by atoms with Crippen LogP contribution in [-0.2, 0) is 24.5 Å². The zero-order chi connectivity index (χ0) is 14.6. The summed E-state index contributed by atoms with van der Waals surface area (Å²) in [5.74, 6) is 0.934. The molecule has 0 unspecified atom stereocenters. The van der Waals surface area contributed by atoms with Crippen LogP contribution in [0.4, 0.5) is 0 Å². The van der Waals surface area contributed by atoms with Crippen LogP contribution in [0.25, 0.3) is 11.4 Å². The molecule has 1 aromatic carbocycles. The third-order valence-corrected chi connectivity index (χ3v) is 2.28. The van der Waals surface area contributed by atoms with E-state index in [4.69, 9.17) is 29.1 Å². The van der Waals surface area contributed by atoms with E-state index in [-0.39, 0.29) is 0 Å². The van der Waals surface area contributed by atoms with Gasteiger partial charge in [-0.05, 0) is 24.3 Å². The molecule has 0 aliphatic rings. The largest absolute Gasteiger partial charge is 0.726 e. The lowest BCUT2D eigenvalue weighted by molar-refractivity contribution is -0.661. The molecule has 0 saturated carbocycles. The minimum absolute atomic E-state index is 0.743. The summed E-state index contributed by atoms with van der Waals surface area (Å²) < 4.78 is 36.6. The maximum atomic E-state index is 8.63. The molecule has 0 aliphatic carbocycles. The molecule has 7 nitrogen and oxygen atoms in total. The number of nitrogens with zero attached hydrogens (tertiary/aromatic N) is 3. The third-order valence-electron chi connectivity index (χ3n) is 2.03. The molecule has 104 valence electrons. The lowest BCUT2D eigenvalue weighted by Gasteiger charge is -1.93. The SMILES string of the molecule is Cn1c[n+](C)c(-c2ccc(Cl)cc2)n1.O=S(=O)([O-])O. The quantitative estimate of drug-likeness (QED) is 0.472. The summed E-state index contributed by atoms with van der Waals surface area (Å²) in [5.41, 5.74) is 1.07. The van der Waals surface area contributed by atoms with Gasteiger partial charge in [0.25, 0.3) is 0 Å². The Kier molecular flexibility index (Phi) is 5.01. The van der Waals surface area contributed by atoms with Crippen LogP contribution < -0.4 is 4.57 Å². The van der Waals surface area contributed by atoms with Crippen molar-refractivity contribution in [3.8, 4) is 11.4 Å². The molecule has 0 saturated heterocycles. The van der Waals surface area contributed by atoms with E-state index >= 15 is 0 Å². The fraction of sp³-hybridized carbons (Fsp3) is 0.200. The second-order valence-electron chi connectivity index (χ2n) is 3.66. The van der Waals surface area contributed by atoms with E-state index in [1.807, 2.05) is 49.3 Å². The first kappa shape index (κ1) is 15.6. The normalized spacial score (nSPS) is 10.8. The van der Waals surface area contributed by atoms with Crippen LogP contribution >= 0.6 is 11.6 Å². The molecular weight excluding hydrogens is 294 g/mol. The third kappa shape index (κ3) is 5.79. The van der Waals surface area contributed by atoms with E-state index in [0.29, 0.717) is 0 Å². The van der Waals surface area contributed by atoms with Gasteiger partial charge in [-0.15, -0.1) is 4.68 Å². The molecule has 0 fully saturated rings. The molecule has 0 amide bonds. The molecule has 0 atom stereocenters. The monoisotopic (exact) mass is 305 g/mol. The van der Waals surface area contributed by atoms with Gasteiger partial charge in [-0.3, -0.25) is 4.55 Å². The predicted octanol–water partition coefficient (Wildman–Crippen LogP) is 0.570. The Labute approximate surface area is 115 Å². The highest BCUT2D eigenvalue weighted by molar-refractivity contribution is 7.79. The van der Waals surface area contributed by atoms with E-state index in [1.165, 1.54) is 0 Å². The summed E-state index contributed by atoms with van der Waals surface area (Å²) in [6.45, 7) is 0. The summed E-state index contributed by atoms with van der Waals surface area (Å²) in [6.07, 6.45) is 1.92. The highest BCUT2D eigenvalue weighted by Gasteiger charge is 2.13. The number of benzene rings is 1. The highest BCUT2D eigenvalue weighted by atomic mass is 35.5. The van der Waals surface area contributed by atoms with Gasteiger partial charge < -0.3 is 4.55 Å². The van der Waals surface area contributed by atoms with Crippen LogP contribution in [0.5, 0.6) is 0 Å². The van der Waals surface area contributed by atoms with Crippen molar-refractivity contribution in [1.82, 2.24) is 9.78 Å². The molecule has 1 N–H and O–H groups in total. The van der Waals surface area contributed by atoms with Crippen molar-refractivity contribution in [2.45, 2.75) is 0 Å². The molecule has 9 heteroatoms. The van der Waals surface area contributed by atoms with Gasteiger partial charge in [0.2, 0.25) is 16.7 Å². The van der Waals surface area contributed by atoms with Gasteiger partial charge in [-0.2, -0.15) is 0 Å². The van der Waals surface area contributed by atoms with E-state index in [2.05, 4.69) is 5.10 Å².